The standard InChI is InChI=1S/C16H9ClN2O/c17-13-3-6-15-12(8-18)9-19(16(15)7-13)14-4-1-11(10-20)2-5-14/h1-7,9-10H. The molecule has 0 unspecified atom stereocenters. The second kappa shape index (κ2) is 4.84. The zero-order chi connectivity index (χ0) is 14.1. The molecule has 3 rings (SSSR count). The minimum atomic E-state index is 0.594. The number of carbonyl (C=O) groups is 1. The predicted octanol–water partition coefficient (Wildman–Crippen LogP) is 3.97. The van der Waals surface area contributed by atoms with Crippen LogP contribution < -0.4 is 0 Å². The van der Waals surface area contributed by atoms with Gasteiger partial charge in [0.05, 0.1) is 11.1 Å². The Morgan fingerprint density at radius 3 is 2.55 bits per heavy atom. The van der Waals surface area contributed by atoms with E-state index in [-0.39, 0.29) is 0 Å². The highest BCUT2D eigenvalue weighted by molar-refractivity contribution is 6.31. The van der Waals surface area contributed by atoms with Crippen LogP contribution in [0.25, 0.3) is 16.6 Å². The van der Waals surface area contributed by atoms with E-state index in [1.165, 1.54) is 0 Å². The lowest BCUT2D eigenvalue weighted by atomic mass is 10.2. The average Bonchev–Trinajstić information content (AvgIpc) is 2.85. The molecule has 3 nitrogen and oxygen atoms in total. The van der Waals surface area contributed by atoms with Gasteiger partial charge in [0.15, 0.2) is 0 Å². The van der Waals surface area contributed by atoms with Crippen LogP contribution in [0.3, 0.4) is 0 Å². The maximum Gasteiger partial charge on any atom is 0.150 e. The fourth-order valence-corrected chi connectivity index (χ4v) is 2.38. The molecule has 96 valence electrons. The van der Waals surface area contributed by atoms with E-state index in [0.29, 0.717) is 16.1 Å². The van der Waals surface area contributed by atoms with Gasteiger partial charge in [0.2, 0.25) is 0 Å². The van der Waals surface area contributed by atoms with Crippen molar-refractivity contribution in [3.8, 4) is 11.8 Å². The van der Waals surface area contributed by atoms with Crippen molar-refractivity contribution in [2.45, 2.75) is 0 Å². The summed E-state index contributed by atoms with van der Waals surface area (Å²) in [6, 6.07) is 14.8. The van der Waals surface area contributed by atoms with Crippen molar-refractivity contribution < 1.29 is 4.79 Å². The fraction of sp³-hybridized carbons (Fsp3) is 0. The molecule has 0 atom stereocenters. The number of hydrogen-bond acceptors (Lipinski definition) is 2. The van der Waals surface area contributed by atoms with Gasteiger partial charge in [0, 0.05) is 27.9 Å². The normalized spacial score (nSPS) is 10.4. The monoisotopic (exact) mass is 280 g/mol. The highest BCUT2D eigenvalue weighted by Crippen LogP contribution is 2.27. The van der Waals surface area contributed by atoms with Crippen molar-refractivity contribution >= 4 is 28.8 Å². The summed E-state index contributed by atoms with van der Waals surface area (Å²) in [5.74, 6) is 0. The minimum absolute atomic E-state index is 0.594. The topological polar surface area (TPSA) is 45.8 Å². The number of fused-ring (bicyclic) bond motifs is 1. The largest absolute Gasteiger partial charge is 0.315 e. The van der Waals surface area contributed by atoms with Crippen LogP contribution in [-0.2, 0) is 0 Å². The maximum absolute atomic E-state index is 10.7. The summed E-state index contributed by atoms with van der Waals surface area (Å²) in [5.41, 5.74) is 2.96. The van der Waals surface area contributed by atoms with E-state index in [9.17, 15) is 10.1 Å². The number of rotatable bonds is 2. The van der Waals surface area contributed by atoms with E-state index in [1.807, 2.05) is 28.8 Å². The number of nitriles is 1. The number of halogens is 1. The highest BCUT2D eigenvalue weighted by atomic mass is 35.5. The third-order valence-electron chi connectivity index (χ3n) is 3.20. The van der Waals surface area contributed by atoms with Crippen LogP contribution in [0.5, 0.6) is 0 Å². The van der Waals surface area contributed by atoms with E-state index in [2.05, 4.69) is 6.07 Å². The molecule has 0 aliphatic carbocycles. The zero-order valence-electron chi connectivity index (χ0n) is 10.4. The first-order valence-electron chi connectivity index (χ1n) is 5.99. The van der Waals surface area contributed by atoms with Crippen molar-refractivity contribution in [3.63, 3.8) is 0 Å². The molecule has 3 aromatic rings. The summed E-state index contributed by atoms with van der Waals surface area (Å²) >= 11 is 6.04. The first-order valence-corrected chi connectivity index (χ1v) is 6.37. The molecule has 1 aromatic heterocycles. The lowest BCUT2D eigenvalue weighted by Crippen LogP contribution is -1.92. The van der Waals surface area contributed by atoms with E-state index in [0.717, 1.165) is 22.9 Å². The van der Waals surface area contributed by atoms with Crippen molar-refractivity contribution in [2.24, 2.45) is 0 Å². The molecule has 1 heterocycles. The molecule has 0 fully saturated rings. The summed E-state index contributed by atoms with van der Waals surface area (Å²) in [7, 11) is 0. The summed E-state index contributed by atoms with van der Waals surface area (Å²) in [5, 5.41) is 10.7. The number of hydrogen-bond donors (Lipinski definition) is 0. The molecule has 4 heteroatoms. The second-order valence-corrected chi connectivity index (χ2v) is 4.83. The molecule has 0 aliphatic heterocycles. The van der Waals surface area contributed by atoms with Crippen LogP contribution in [0.15, 0.2) is 48.7 Å². The van der Waals surface area contributed by atoms with E-state index in [4.69, 9.17) is 11.6 Å². The van der Waals surface area contributed by atoms with E-state index < -0.39 is 0 Å². The molecule has 0 spiro atoms. The van der Waals surface area contributed by atoms with Crippen LogP contribution >= 0.6 is 11.6 Å². The Morgan fingerprint density at radius 2 is 1.90 bits per heavy atom. The molecule has 20 heavy (non-hydrogen) atoms. The smallest absolute Gasteiger partial charge is 0.150 e. The lowest BCUT2D eigenvalue weighted by Gasteiger charge is -2.05. The second-order valence-electron chi connectivity index (χ2n) is 4.40. The van der Waals surface area contributed by atoms with E-state index >= 15 is 0 Å². The Kier molecular flexibility index (Phi) is 3.02. The van der Waals surface area contributed by atoms with Crippen molar-refractivity contribution in [2.75, 3.05) is 0 Å². The van der Waals surface area contributed by atoms with Crippen LogP contribution in [0.1, 0.15) is 15.9 Å². The first-order chi connectivity index (χ1) is 9.72. The Hall–Kier alpha value is -2.57. The minimum Gasteiger partial charge on any atom is -0.315 e. The van der Waals surface area contributed by atoms with Gasteiger partial charge >= 0.3 is 0 Å². The van der Waals surface area contributed by atoms with Crippen molar-refractivity contribution in [1.29, 1.82) is 5.26 Å². The van der Waals surface area contributed by atoms with Crippen LogP contribution in [0.2, 0.25) is 5.02 Å². The molecule has 0 N–H and O–H groups in total. The number of aldehydes is 1. The van der Waals surface area contributed by atoms with Gasteiger partial charge in [-0.15, -0.1) is 0 Å². The van der Waals surface area contributed by atoms with Crippen LogP contribution in [0.4, 0.5) is 0 Å². The molecule has 0 bridgehead atoms. The van der Waals surface area contributed by atoms with Gasteiger partial charge < -0.3 is 4.57 Å². The highest BCUT2D eigenvalue weighted by Gasteiger charge is 2.10. The molecular formula is C16H9ClN2O. The quantitative estimate of drug-likeness (QED) is 0.667. The fourth-order valence-electron chi connectivity index (χ4n) is 2.22. The van der Waals surface area contributed by atoms with Gasteiger partial charge in [-0.2, -0.15) is 5.26 Å². The zero-order valence-corrected chi connectivity index (χ0v) is 11.1. The summed E-state index contributed by atoms with van der Waals surface area (Å²) < 4.78 is 1.90. The Bertz CT molecular complexity index is 841. The van der Waals surface area contributed by atoms with Gasteiger partial charge in [0.25, 0.3) is 0 Å². The van der Waals surface area contributed by atoms with Crippen molar-refractivity contribution in [3.05, 3.63) is 64.8 Å². The Labute approximate surface area is 120 Å². The van der Waals surface area contributed by atoms with Gasteiger partial charge in [0.1, 0.15) is 12.4 Å². The SMILES string of the molecule is N#Cc1cn(-c2ccc(C=O)cc2)c2cc(Cl)ccc12. The van der Waals surface area contributed by atoms with Crippen LogP contribution in [0, 0.1) is 11.3 Å². The van der Waals surface area contributed by atoms with E-state index in [1.54, 1.807) is 24.4 Å². The average molecular weight is 281 g/mol. The Morgan fingerprint density at radius 1 is 1.15 bits per heavy atom. The van der Waals surface area contributed by atoms with Gasteiger partial charge in [-0.05, 0) is 36.4 Å². The number of benzene rings is 2. The number of nitrogens with zero attached hydrogens (tertiary/aromatic N) is 2. The first kappa shape index (κ1) is 12.5. The van der Waals surface area contributed by atoms with Gasteiger partial charge in [-0.3, -0.25) is 4.79 Å². The molecular weight excluding hydrogens is 272 g/mol. The molecule has 0 saturated heterocycles. The third-order valence-corrected chi connectivity index (χ3v) is 3.43. The molecule has 0 aliphatic rings. The summed E-state index contributed by atoms with van der Waals surface area (Å²) in [4.78, 5) is 10.7. The molecule has 0 radical (unpaired) electrons. The summed E-state index contributed by atoms with van der Waals surface area (Å²) in [6.07, 6.45) is 2.58. The predicted molar refractivity (Wildman–Crippen MR) is 78.4 cm³/mol. The van der Waals surface area contributed by atoms with Gasteiger partial charge in [-0.1, -0.05) is 17.7 Å². The summed E-state index contributed by atoms with van der Waals surface area (Å²) in [6.45, 7) is 0. The van der Waals surface area contributed by atoms with Crippen LogP contribution in [-0.4, -0.2) is 10.9 Å². The lowest BCUT2D eigenvalue weighted by molar-refractivity contribution is 0.112. The number of aromatic nitrogens is 1. The Balaban J connectivity index is 2.27. The molecule has 2 aromatic carbocycles. The maximum atomic E-state index is 10.7. The molecule has 0 amide bonds. The molecule has 0 saturated carbocycles. The van der Waals surface area contributed by atoms with Crippen molar-refractivity contribution in [1.82, 2.24) is 4.57 Å². The number of carbonyl (C=O) groups excluding carboxylic acids is 1. The third kappa shape index (κ3) is 1.97. The van der Waals surface area contributed by atoms with Gasteiger partial charge in [-0.25, -0.2) is 0 Å².